The van der Waals surface area contributed by atoms with Crippen molar-refractivity contribution in [3.8, 4) is 0 Å². The first kappa shape index (κ1) is 17.0. The van der Waals surface area contributed by atoms with Gasteiger partial charge in [0.2, 0.25) is 0 Å². The van der Waals surface area contributed by atoms with Crippen molar-refractivity contribution in [2.45, 2.75) is 33.7 Å². The third-order valence-corrected chi connectivity index (χ3v) is 4.61. The van der Waals surface area contributed by atoms with Crippen LogP contribution in [0.3, 0.4) is 0 Å². The number of aromatic nitrogens is 3. The molecule has 6 heteroatoms. The molecule has 0 spiro atoms. The maximum Gasteiger partial charge on any atom is 0.354 e. The van der Waals surface area contributed by atoms with Crippen LogP contribution in [0.1, 0.15) is 39.9 Å². The molecule has 130 valence electrons. The van der Waals surface area contributed by atoms with Crippen molar-refractivity contribution in [1.82, 2.24) is 14.5 Å². The van der Waals surface area contributed by atoms with Gasteiger partial charge in [0.15, 0.2) is 11.3 Å². The maximum atomic E-state index is 11.4. The second kappa shape index (κ2) is 6.55. The zero-order valence-corrected chi connectivity index (χ0v) is 14.9. The SMILES string of the molecule is CCc1cccc(C)c1CNc1cc(C(=O)O)nc2c1nc(C)n2C. The molecule has 0 atom stereocenters. The molecule has 0 aliphatic rings. The monoisotopic (exact) mass is 338 g/mol. The first-order chi connectivity index (χ1) is 11.9. The Hall–Kier alpha value is -2.89. The van der Waals surface area contributed by atoms with E-state index in [9.17, 15) is 9.90 Å². The van der Waals surface area contributed by atoms with Gasteiger partial charge in [0.1, 0.15) is 11.3 Å². The van der Waals surface area contributed by atoms with Gasteiger partial charge in [-0.15, -0.1) is 0 Å². The number of aryl methyl sites for hydroxylation is 4. The molecule has 0 aliphatic carbocycles. The number of nitrogens with one attached hydrogen (secondary N) is 1. The highest BCUT2D eigenvalue weighted by Gasteiger charge is 2.16. The van der Waals surface area contributed by atoms with Crippen molar-refractivity contribution in [2.75, 3.05) is 5.32 Å². The first-order valence-electron chi connectivity index (χ1n) is 8.31. The van der Waals surface area contributed by atoms with Gasteiger partial charge in [0, 0.05) is 13.6 Å². The number of aromatic carboxylic acids is 1. The van der Waals surface area contributed by atoms with E-state index in [0.717, 1.165) is 12.2 Å². The zero-order chi connectivity index (χ0) is 18.1. The molecule has 0 amide bonds. The van der Waals surface area contributed by atoms with Gasteiger partial charge in [0.05, 0.1) is 5.69 Å². The number of imidazole rings is 1. The number of hydrogen-bond acceptors (Lipinski definition) is 4. The molecule has 0 saturated heterocycles. The zero-order valence-electron chi connectivity index (χ0n) is 14.9. The minimum absolute atomic E-state index is 0.0125. The average molecular weight is 338 g/mol. The summed E-state index contributed by atoms with van der Waals surface area (Å²) in [5.74, 6) is -0.257. The lowest BCUT2D eigenvalue weighted by Gasteiger charge is -2.14. The maximum absolute atomic E-state index is 11.4. The van der Waals surface area contributed by atoms with E-state index >= 15 is 0 Å². The third-order valence-electron chi connectivity index (χ3n) is 4.61. The molecule has 1 aromatic carbocycles. The molecule has 0 radical (unpaired) electrons. The fraction of sp³-hybridized carbons (Fsp3) is 0.316. The van der Waals surface area contributed by atoms with Gasteiger partial charge in [0.25, 0.3) is 0 Å². The van der Waals surface area contributed by atoms with Gasteiger partial charge < -0.3 is 15.0 Å². The van der Waals surface area contributed by atoms with E-state index in [-0.39, 0.29) is 5.69 Å². The van der Waals surface area contributed by atoms with Crippen LogP contribution in [0.5, 0.6) is 0 Å². The Morgan fingerprint density at radius 1 is 1.28 bits per heavy atom. The highest BCUT2D eigenvalue weighted by atomic mass is 16.4. The predicted molar refractivity (Wildman–Crippen MR) is 98.1 cm³/mol. The van der Waals surface area contributed by atoms with Gasteiger partial charge in [-0.2, -0.15) is 0 Å². The summed E-state index contributed by atoms with van der Waals surface area (Å²) >= 11 is 0. The molecule has 0 unspecified atom stereocenters. The van der Waals surface area contributed by atoms with Crippen molar-refractivity contribution < 1.29 is 9.90 Å². The van der Waals surface area contributed by atoms with Gasteiger partial charge in [-0.3, -0.25) is 0 Å². The van der Waals surface area contributed by atoms with E-state index in [1.807, 2.05) is 14.0 Å². The van der Waals surface area contributed by atoms with E-state index in [0.29, 0.717) is 23.4 Å². The number of carboxylic acid groups (broad SMARTS) is 1. The number of pyridine rings is 1. The number of fused-ring (bicyclic) bond motifs is 1. The van der Waals surface area contributed by atoms with Crippen LogP contribution in [0.4, 0.5) is 5.69 Å². The highest BCUT2D eigenvalue weighted by molar-refractivity contribution is 5.94. The fourth-order valence-electron chi connectivity index (χ4n) is 3.03. The Morgan fingerprint density at radius 3 is 2.72 bits per heavy atom. The Labute approximate surface area is 146 Å². The quantitative estimate of drug-likeness (QED) is 0.745. The molecule has 3 aromatic rings. The number of hydrogen-bond donors (Lipinski definition) is 2. The van der Waals surface area contributed by atoms with Crippen molar-refractivity contribution in [3.63, 3.8) is 0 Å². The van der Waals surface area contributed by atoms with E-state index in [4.69, 9.17) is 0 Å². The Morgan fingerprint density at radius 2 is 2.04 bits per heavy atom. The molecule has 2 N–H and O–H groups in total. The average Bonchev–Trinajstić information content (AvgIpc) is 2.88. The van der Waals surface area contributed by atoms with Crippen LogP contribution in [0, 0.1) is 13.8 Å². The standard InChI is InChI=1S/C19H22N4O2/c1-5-13-8-6-7-11(2)14(13)10-20-15-9-16(19(24)25)22-18-17(15)21-12(3)23(18)4/h6-9H,5,10H2,1-4H3,(H,20,22)(H,24,25). The highest BCUT2D eigenvalue weighted by Crippen LogP contribution is 2.25. The van der Waals surface area contributed by atoms with Crippen LogP contribution in [0.2, 0.25) is 0 Å². The summed E-state index contributed by atoms with van der Waals surface area (Å²) in [6.45, 7) is 6.71. The smallest absolute Gasteiger partial charge is 0.354 e. The molecular weight excluding hydrogens is 316 g/mol. The molecular formula is C19H22N4O2. The van der Waals surface area contributed by atoms with Crippen molar-refractivity contribution in [3.05, 3.63) is 52.5 Å². The topological polar surface area (TPSA) is 80.0 Å². The van der Waals surface area contributed by atoms with Crippen LogP contribution >= 0.6 is 0 Å². The van der Waals surface area contributed by atoms with Gasteiger partial charge in [-0.05, 0) is 43.0 Å². The number of rotatable bonds is 5. The molecule has 3 rings (SSSR count). The number of benzene rings is 1. The van der Waals surface area contributed by atoms with Crippen LogP contribution < -0.4 is 5.32 Å². The molecule has 2 heterocycles. The van der Waals surface area contributed by atoms with E-state index in [1.54, 1.807) is 10.6 Å². The summed E-state index contributed by atoms with van der Waals surface area (Å²) < 4.78 is 1.80. The first-order valence-corrected chi connectivity index (χ1v) is 8.31. The van der Waals surface area contributed by atoms with Gasteiger partial charge in [-0.25, -0.2) is 14.8 Å². The lowest BCUT2D eigenvalue weighted by Crippen LogP contribution is -2.08. The summed E-state index contributed by atoms with van der Waals surface area (Å²) in [4.78, 5) is 20.2. The summed E-state index contributed by atoms with van der Waals surface area (Å²) in [6.07, 6.45) is 0.952. The molecule has 6 nitrogen and oxygen atoms in total. The van der Waals surface area contributed by atoms with Gasteiger partial charge in [-0.1, -0.05) is 25.1 Å². The summed E-state index contributed by atoms with van der Waals surface area (Å²) in [5, 5.41) is 12.7. The van der Waals surface area contributed by atoms with E-state index in [2.05, 4.69) is 47.3 Å². The lowest BCUT2D eigenvalue weighted by atomic mass is 10.00. The molecule has 2 aromatic heterocycles. The van der Waals surface area contributed by atoms with Crippen molar-refractivity contribution in [2.24, 2.45) is 7.05 Å². The summed E-state index contributed by atoms with van der Waals surface area (Å²) in [5.41, 5.74) is 5.70. The normalized spacial score (nSPS) is 11.0. The Kier molecular flexibility index (Phi) is 4.44. The summed E-state index contributed by atoms with van der Waals surface area (Å²) in [7, 11) is 1.84. The second-order valence-electron chi connectivity index (χ2n) is 6.17. The number of carboxylic acids is 1. The molecule has 0 saturated carbocycles. The van der Waals surface area contributed by atoms with E-state index in [1.165, 1.54) is 16.7 Å². The van der Waals surface area contributed by atoms with Gasteiger partial charge >= 0.3 is 5.97 Å². The number of carbonyl (C=O) groups is 1. The largest absolute Gasteiger partial charge is 0.477 e. The van der Waals surface area contributed by atoms with Crippen molar-refractivity contribution in [1.29, 1.82) is 0 Å². The van der Waals surface area contributed by atoms with Crippen LogP contribution in [0.15, 0.2) is 24.3 Å². The van der Waals surface area contributed by atoms with Crippen LogP contribution in [0.25, 0.3) is 11.2 Å². The molecule has 0 aliphatic heterocycles. The molecule has 25 heavy (non-hydrogen) atoms. The summed E-state index contributed by atoms with van der Waals surface area (Å²) in [6, 6.07) is 7.83. The van der Waals surface area contributed by atoms with E-state index < -0.39 is 5.97 Å². The second-order valence-corrected chi connectivity index (χ2v) is 6.17. The fourth-order valence-corrected chi connectivity index (χ4v) is 3.03. The Bertz CT molecular complexity index is 960. The predicted octanol–water partition coefficient (Wildman–Crippen LogP) is 3.46. The van der Waals surface area contributed by atoms with Crippen LogP contribution in [-0.4, -0.2) is 25.6 Å². The van der Waals surface area contributed by atoms with Crippen molar-refractivity contribution >= 4 is 22.8 Å². The third kappa shape index (κ3) is 3.07. The van der Waals surface area contributed by atoms with Crippen LogP contribution in [-0.2, 0) is 20.0 Å². The molecule has 0 fully saturated rings. The number of anilines is 1. The molecule has 0 bridgehead atoms. The lowest BCUT2D eigenvalue weighted by molar-refractivity contribution is 0.0691. The Balaban J connectivity index is 2.04. The minimum atomic E-state index is -1.05. The number of nitrogens with zero attached hydrogens (tertiary/aromatic N) is 3. The minimum Gasteiger partial charge on any atom is -0.477 e.